The molecule has 0 amide bonds. The van der Waals surface area contributed by atoms with Crippen molar-refractivity contribution in [2.75, 3.05) is 24.6 Å². The number of ether oxygens (including phenoxy) is 1. The van der Waals surface area contributed by atoms with Gasteiger partial charge in [-0.1, -0.05) is 0 Å². The molecule has 2 saturated heterocycles. The van der Waals surface area contributed by atoms with E-state index in [2.05, 4.69) is 24.8 Å². The first-order valence-electron chi connectivity index (χ1n) is 8.70. The van der Waals surface area contributed by atoms with Crippen LogP contribution in [0.25, 0.3) is 0 Å². The highest BCUT2D eigenvalue weighted by molar-refractivity contribution is 5.42. The van der Waals surface area contributed by atoms with E-state index < -0.39 is 0 Å². The van der Waals surface area contributed by atoms with Crippen molar-refractivity contribution in [3.05, 3.63) is 43.0 Å². The molecule has 1 spiro atoms. The second-order valence-corrected chi connectivity index (χ2v) is 6.96. The van der Waals surface area contributed by atoms with Crippen molar-refractivity contribution in [1.29, 1.82) is 0 Å². The number of hydrogen-bond donors (Lipinski definition) is 0. The summed E-state index contributed by atoms with van der Waals surface area (Å²) >= 11 is 0. The van der Waals surface area contributed by atoms with Gasteiger partial charge in [0.05, 0.1) is 36.5 Å². The Hall–Kier alpha value is -2.08. The van der Waals surface area contributed by atoms with Gasteiger partial charge in [-0.05, 0) is 31.1 Å². The number of aromatic nitrogens is 4. The number of anilines is 1. The van der Waals surface area contributed by atoms with E-state index in [0.29, 0.717) is 5.41 Å². The van der Waals surface area contributed by atoms with E-state index in [1.54, 1.807) is 18.7 Å². The molecule has 2 aromatic heterocycles. The molecule has 2 aliphatic heterocycles. The zero-order valence-electron chi connectivity index (χ0n) is 13.8. The number of nitrogens with zero attached hydrogens (tertiary/aromatic N) is 5. The minimum absolute atomic E-state index is 0.285. The maximum atomic E-state index is 6.21. The van der Waals surface area contributed by atoms with Crippen molar-refractivity contribution < 1.29 is 4.74 Å². The van der Waals surface area contributed by atoms with Crippen molar-refractivity contribution in [2.45, 2.75) is 38.2 Å². The fourth-order valence-electron chi connectivity index (χ4n) is 3.84. The van der Waals surface area contributed by atoms with Crippen LogP contribution in [0.2, 0.25) is 0 Å². The highest BCUT2D eigenvalue weighted by Gasteiger charge is 2.39. The van der Waals surface area contributed by atoms with Crippen LogP contribution in [0.15, 0.2) is 37.3 Å². The van der Waals surface area contributed by atoms with Gasteiger partial charge < -0.3 is 9.64 Å². The van der Waals surface area contributed by atoms with Crippen LogP contribution in [0.5, 0.6) is 0 Å². The van der Waals surface area contributed by atoms with Crippen LogP contribution in [0.4, 0.5) is 5.69 Å². The van der Waals surface area contributed by atoms with Gasteiger partial charge in [0.2, 0.25) is 0 Å². The second-order valence-electron chi connectivity index (χ2n) is 6.96. The van der Waals surface area contributed by atoms with Crippen LogP contribution < -0.4 is 4.90 Å². The summed E-state index contributed by atoms with van der Waals surface area (Å²) in [6, 6.07) is 0. The summed E-state index contributed by atoms with van der Waals surface area (Å²) in [5, 5.41) is 0. The summed E-state index contributed by atoms with van der Waals surface area (Å²) in [5.74, 6) is 0. The molecule has 0 aromatic carbocycles. The molecule has 0 saturated carbocycles. The van der Waals surface area contributed by atoms with Crippen LogP contribution in [0, 0.1) is 5.41 Å². The smallest absolute Gasteiger partial charge is 0.115 e. The second kappa shape index (κ2) is 6.81. The van der Waals surface area contributed by atoms with Crippen molar-refractivity contribution in [2.24, 2.45) is 5.41 Å². The minimum Gasteiger partial charge on any atom is -0.377 e. The van der Waals surface area contributed by atoms with E-state index >= 15 is 0 Å². The van der Waals surface area contributed by atoms with Crippen molar-refractivity contribution >= 4 is 5.69 Å². The van der Waals surface area contributed by atoms with Crippen LogP contribution in [0.3, 0.4) is 0 Å². The SMILES string of the molecule is c1cnc(C[C@H]2CCC3(CCN(c4cncnc4)CC3)CO2)cn1. The molecule has 0 unspecified atom stereocenters. The molecule has 0 N–H and O–H groups in total. The third-order valence-corrected chi connectivity index (χ3v) is 5.41. The first-order valence-corrected chi connectivity index (χ1v) is 8.70. The highest BCUT2D eigenvalue weighted by atomic mass is 16.5. The molecule has 0 bridgehead atoms. The van der Waals surface area contributed by atoms with Gasteiger partial charge in [-0.3, -0.25) is 9.97 Å². The molecular weight excluding hydrogens is 302 g/mol. The van der Waals surface area contributed by atoms with E-state index in [1.807, 2.05) is 18.6 Å². The number of hydrogen-bond acceptors (Lipinski definition) is 6. The Morgan fingerprint density at radius 2 is 1.88 bits per heavy atom. The Kier molecular flexibility index (Phi) is 4.38. The summed E-state index contributed by atoms with van der Waals surface area (Å²) in [6.45, 7) is 2.99. The standard InChI is InChI=1S/C18H23N5O/c1-2-18(13-24-17(1)9-15-10-19-5-6-22-15)3-7-23(8-4-18)16-11-20-14-21-12-16/h5-6,10-12,14,17H,1-4,7-9,13H2/t17-/m1/s1. The molecule has 4 heterocycles. The number of piperidine rings is 1. The lowest BCUT2D eigenvalue weighted by Crippen LogP contribution is -2.46. The molecule has 6 nitrogen and oxygen atoms in total. The third kappa shape index (κ3) is 3.38. The summed E-state index contributed by atoms with van der Waals surface area (Å²) in [5.41, 5.74) is 2.51. The van der Waals surface area contributed by atoms with Crippen LogP contribution in [0.1, 0.15) is 31.4 Å². The summed E-state index contributed by atoms with van der Waals surface area (Å²) in [7, 11) is 0. The Morgan fingerprint density at radius 3 is 2.54 bits per heavy atom. The lowest BCUT2D eigenvalue weighted by Gasteiger charge is -2.46. The lowest BCUT2D eigenvalue weighted by atomic mass is 9.73. The zero-order valence-corrected chi connectivity index (χ0v) is 13.8. The lowest BCUT2D eigenvalue weighted by molar-refractivity contribution is -0.0717. The van der Waals surface area contributed by atoms with Gasteiger partial charge in [0.25, 0.3) is 0 Å². The average Bonchev–Trinajstić information content (AvgIpc) is 2.66. The molecule has 0 aliphatic carbocycles. The molecule has 2 fully saturated rings. The average molecular weight is 325 g/mol. The van der Waals surface area contributed by atoms with E-state index in [1.165, 1.54) is 19.3 Å². The fraction of sp³-hybridized carbons (Fsp3) is 0.556. The van der Waals surface area contributed by atoms with Gasteiger partial charge in [-0.2, -0.15) is 0 Å². The Bertz CT molecular complexity index is 633. The predicted octanol–water partition coefficient (Wildman–Crippen LogP) is 2.27. The first-order chi connectivity index (χ1) is 11.8. The largest absolute Gasteiger partial charge is 0.377 e. The summed E-state index contributed by atoms with van der Waals surface area (Å²) < 4.78 is 6.21. The minimum atomic E-state index is 0.285. The molecule has 6 heteroatoms. The van der Waals surface area contributed by atoms with E-state index in [0.717, 1.165) is 43.9 Å². The van der Waals surface area contributed by atoms with E-state index in [9.17, 15) is 0 Å². The van der Waals surface area contributed by atoms with Crippen LogP contribution in [-0.4, -0.2) is 45.7 Å². The zero-order chi connectivity index (χ0) is 16.2. The van der Waals surface area contributed by atoms with Crippen molar-refractivity contribution in [3.63, 3.8) is 0 Å². The number of rotatable bonds is 3. The van der Waals surface area contributed by atoms with Gasteiger partial charge in [-0.25, -0.2) is 9.97 Å². The quantitative estimate of drug-likeness (QED) is 0.862. The maximum absolute atomic E-state index is 6.21. The first kappa shape index (κ1) is 15.4. The molecule has 2 aromatic rings. The molecule has 1 atom stereocenters. The molecular formula is C18H23N5O. The monoisotopic (exact) mass is 325 g/mol. The summed E-state index contributed by atoms with van der Waals surface area (Å²) in [6.07, 6.45) is 16.6. The van der Waals surface area contributed by atoms with Gasteiger partial charge in [0, 0.05) is 38.1 Å². The predicted molar refractivity (Wildman–Crippen MR) is 90.6 cm³/mol. The molecule has 2 aliphatic rings. The Labute approximate surface area is 142 Å². The summed E-state index contributed by atoms with van der Waals surface area (Å²) in [4.78, 5) is 19.1. The van der Waals surface area contributed by atoms with E-state index in [-0.39, 0.29) is 6.10 Å². The van der Waals surface area contributed by atoms with Crippen molar-refractivity contribution in [1.82, 2.24) is 19.9 Å². The van der Waals surface area contributed by atoms with Crippen LogP contribution >= 0.6 is 0 Å². The Morgan fingerprint density at radius 1 is 1.04 bits per heavy atom. The third-order valence-electron chi connectivity index (χ3n) is 5.41. The van der Waals surface area contributed by atoms with E-state index in [4.69, 9.17) is 4.74 Å². The fourth-order valence-corrected chi connectivity index (χ4v) is 3.84. The molecule has 0 radical (unpaired) electrons. The molecule has 126 valence electrons. The van der Waals surface area contributed by atoms with Crippen LogP contribution in [-0.2, 0) is 11.2 Å². The molecule has 24 heavy (non-hydrogen) atoms. The van der Waals surface area contributed by atoms with Crippen molar-refractivity contribution in [3.8, 4) is 0 Å². The Balaban J connectivity index is 1.30. The van der Waals surface area contributed by atoms with Gasteiger partial charge in [0.15, 0.2) is 0 Å². The normalized spacial score (nSPS) is 23.3. The maximum Gasteiger partial charge on any atom is 0.115 e. The van der Waals surface area contributed by atoms with Gasteiger partial charge >= 0.3 is 0 Å². The topological polar surface area (TPSA) is 64.0 Å². The van der Waals surface area contributed by atoms with Gasteiger partial charge in [-0.15, -0.1) is 0 Å². The van der Waals surface area contributed by atoms with Gasteiger partial charge in [0.1, 0.15) is 6.33 Å². The molecule has 4 rings (SSSR count). The highest BCUT2D eigenvalue weighted by Crippen LogP contribution is 2.41.